The number of nitrogens with one attached hydrogen (secondary N) is 1. The van der Waals surface area contributed by atoms with Crippen LogP contribution in [0.15, 0.2) is 82.8 Å². The molecule has 1 N–H and O–H groups in total. The molecule has 0 unspecified atom stereocenters. The van der Waals surface area contributed by atoms with Crippen molar-refractivity contribution < 1.29 is 13.2 Å². The van der Waals surface area contributed by atoms with Gasteiger partial charge in [0.05, 0.1) is 16.7 Å². The van der Waals surface area contributed by atoms with Gasteiger partial charge in [-0.1, -0.05) is 60.3 Å². The van der Waals surface area contributed by atoms with Gasteiger partial charge in [-0.3, -0.25) is 9.36 Å². The number of amides is 1. The first kappa shape index (κ1) is 23.5. The summed E-state index contributed by atoms with van der Waals surface area (Å²) in [6.07, 6.45) is 1.36. The van der Waals surface area contributed by atoms with Gasteiger partial charge in [0, 0.05) is 19.3 Å². The van der Waals surface area contributed by atoms with Gasteiger partial charge in [-0.2, -0.15) is 4.31 Å². The van der Waals surface area contributed by atoms with Crippen molar-refractivity contribution in [3.63, 3.8) is 0 Å². The molecule has 1 amide bonds. The van der Waals surface area contributed by atoms with Gasteiger partial charge in [-0.25, -0.2) is 8.42 Å². The van der Waals surface area contributed by atoms with Crippen LogP contribution >= 0.6 is 11.8 Å². The lowest BCUT2D eigenvalue weighted by Gasteiger charge is -2.24. The standard InChI is InChI=1S/C25H25N5O3S2/c1-26-23(31)17-34-25-28-27-24(30(25)20-10-3-2-4-11-20)22-12-7-15-29(22)35(32,33)21-14-13-18-8-5-6-9-19(18)16-21/h2-6,8-11,13-14,16,22H,7,12,15,17H2,1H3,(H,26,31)/t22-/m0/s1. The smallest absolute Gasteiger partial charge is 0.243 e. The van der Waals surface area contributed by atoms with Crippen molar-refractivity contribution in [3.8, 4) is 5.69 Å². The van der Waals surface area contributed by atoms with Crippen molar-refractivity contribution in [2.75, 3.05) is 19.3 Å². The number of benzene rings is 3. The highest BCUT2D eigenvalue weighted by Crippen LogP contribution is 2.38. The molecular weight excluding hydrogens is 482 g/mol. The average molecular weight is 508 g/mol. The van der Waals surface area contributed by atoms with E-state index in [0.717, 1.165) is 22.9 Å². The molecule has 1 aliphatic heterocycles. The van der Waals surface area contributed by atoms with Crippen LogP contribution < -0.4 is 5.32 Å². The Morgan fingerprint density at radius 3 is 2.54 bits per heavy atom. The van der Waals surface area contributed by atoms with Gasteiger partial charge in [0.1, 0.15) is 0 Å². The van der Waals surface area contributed by atoms with Crippen molar-refractivity contribution in [2.45, 2.75) is 28.9 Å². The Labute approximate surface area is 208 Å². The number of hydrogen-bond acceptors (Lipinski definition) is 6. The van der Waals surface area contributed by atoms with E-state index in [9.17, 15) is 13.2 Å². The largest absolute Gasteiger partial charge is 0.358 e. The summed E-state index contributed by atoms with van der Waals surface area (Å²) in [7, 11) is -2.18. The summed E-state index contributed by atoms with van der Waals surface area (Å²) in [4.78, 5) is 12.1. The van der Waals surface area contributed by atoms with E-state index in [-0.39, 0.29) is 16.6 Å². The van der Waals surface area contributed by atoms with E-state index in [1.807, 2.05) is 65.2 Å². The first-order chi connectivity index (χ1) is 17.0. The number of nitrogens with zero attached hydrogens (tertiary/aromatic N) is 4. The van der Waals surface area contributed by atoms with E-state index in [1.54, 1.807) is 19.2 Å². The highest BCUT2D eigenvalue weighted by molar-refractivity contribution is 7.99. The number of rotatable bonds is 7. The third-order valence-electron chi connectivity index (χ3n) is 6.11. The summed E-state index contributed by atoms with van der Waals surface area (Å²) in [6, 6.07) is 22.1. The lowest BCUT2D eigenvalue weighted by molar-refractivity contribution is -0.118. The summed E-state index contributed by atoms with van der Waals surface area (Å²) >= 11 is 1.27. The lowest BCUT2D eigenvalue weighted by atomic mass is 10.1. The normalized spacial score (nSPS) is 16.5. The second-order valence-electron chi connectivity index (χ2n) is 8.26. The van der Waals surface area contributed by atoms with Crippen LogP contribution in [0.2, 0.25) is 0 Å². The molecule has 2 heterocycles. The van der Waals surface area contributed by atoms with Crippen LogP contribution in [0, 0.1) is 0 Å². The molecule has 1 aliphatic rings. The Bertz CT molecular complexity index is 1470. The maximum Gasteiger partial charge on any atom is 0.243 e. The van der Waals surface area contributed by atoms with Gasteiger partial charge in [0.25, 0.3) is 0 Å². The van der Waals surface area contributed by atoms with Gasteiger partial charge in [0.2, 0.25) is 15.9 Å². The summed E-state index contributed by atoms with van der Waals surface area (Å²) < 4.78 is 31.0. The van der Waals surface area contributed by atoms with Gasteiger partial charge in [0.15, 0.2) is 11.0 Å². The van der Waals surface area contributed by atoms with Crippen molar-refractivity contribution in [3.05, 3.63) is 78.6 Å². The fourth-order valence-electron chi connectivity index (χ4n) is 4.36. The third-order valence-corrected chi connectivity index (χ3v) is 8.95. The maximum absolute atomic E-state index is 13.8. The second kappa shape index (κ2) is 9.80. The summed E-state index contributed by atoms with van der Waals surface area (Å²) in [5.74, 6) is 0.614. The van der Waals surface area contributed by atoms with Crippen LogP contribution in [0.25, 0.3) is 16.5 Å². The predicted molar refractivity (Wildman–Crippen MR) is 136 cm³/mol. The van der Waals surface area contributed by atoms with Gasteiger partial charge >= 0.3 is 0 Å². The van der Waals surface area contributed by atoms with Gasteiger partial charge in [-0.15, -0.1) is 10.2 Å². The average Bonchev–Trinajstić information content (AvgIpc) is 3.55. The molecule has 0 aliphatic carbocycles. The SMILES string of the molecule is CNC(=O)CSc1nnc([C@@H]2CCCN2S(=O)(=O)c2ccc3ccccc3c2)n1-c1ccccc1. The molecule has 5 rings (SSSR count). The minimum absolute atomic E-state index is 0.125. The Morgan fingerprint density at radius 2 is 1.77 bits per heavy atom. The first-order valence-electron chi connectivity index (χ1n) is 11.3. The Balaban J connectivity index is 1.54. The number of para-hydroxylation sites is 1. The monoisotopic (exact) mass is 507 g/mol. The second-order valence-corrected chi connectivity index (χ2v) is 11.1. The van der Waals surface area contributed by atoms with E-state index in [0.29, 0.717) is 23.9 Å². The molecule has 1 atom stereocenters. The fourth-order valence-corrected chi connectivity index (χ4v) is 6.88. The fraction of sp³-hybridized carbons (Fsp3) is 0.240. The third kappa shape index (κ3) is 4.56. The maximum atomic E-state index is 13.8. The number of carbonyl (C=O) groups is 1. The molecular formula is C25H25N5O3S2. The molecule has 10 heteroatoms. The lowest BCUT2D eigenvalue weighted by Crippen LogP contribution is -2.32. The minimum atomic E-state index is -3.77. The molecule has 0 radical (unpaired) electrons. The highest BCUT2D eigenvalue weighted by atomic mass is 32.2. The van der Waals surface area contributed by atoms with Crippen molar-refractivity contribution in [1.29, 1.82) is 0 Å². The molecule has 1 saturated heterocycles. The molecule has 35 heavy (non-hydrogen) atoms. The summed E-state index contributed by atoms with van der Waals surface area (Å²) in [5, 5.41) is 13.8. The minimum Gasteiger partial charge on any atom is -0.358 e. The van der Waals surface area contributed by atoms with Crippen LogP contribution in [-0.4, -0.2) is 52.7 Å². The van der Waals surface area contributed by atoms with Crippen LogP contribution in [-0.2, 0) is 14.8 Å². The molecule has 8 nitrogen and oxygen atoms in total. The Hall–Kier alpha value is -3.21. The van der Waals surface area contributed by atoms with E-state index >= 15 is 0 Å². The molecule has 4 aromatic rings. The Morgan fingerprint density at radius 1 is 1.03 bits per heavy atom. The summed E-state index contributed by atoms with van der Waals surface area (Å²) in [6.45, 7) is 0.405. The number of thioether (sulfide) groups is 1. The van der Waals surface area contributed by atoms with E-state index in [4.69, 9.17) is 0 Å². The number of fused-ring (bicyclic) bond motifs is 1. The Kier molecular flexibility index (Phi) is 6.59. The first-order valence-corrected chi connectivity index (χ1v) is 13.8. The van der Waals surface area contributed by atoms with Crippen LogP contribution in [0.4, 0.5) is 0 Å². The van der Waals surface area contributed by atoms with E-state index in [2.05, 4.69) is 15.5 Å². The highest BCUT2D eigenvalue weighted by Gasteiger charge is 2.39. The summed E-state index contributed by atoms with van der Waals surface area (Å²) in [5.41, 5.74) is 0.821. The predicted octanol–water partition coefficient (Wildman–Crippen LogP) is 3.78. The van der Waals surface area contributed by atoms with E-state index in [1.165, 1.54) is 16.1 Å². The number of sulfonamides is 1. The molecule has 3 aromatic carbocycles. The van der Waals surface area contributed by atoms with Crippen molar-refractivity contribution in [1.82, 2.24) is 24.4 Å². The van der Waals surface area contributed by atoms with Gasteiger partial charge in [-0.05, 0) is 47.9 Å². The zero-order valence-corrected chi connectivity index (χ0v) is 20.8. The van der Waals surface area contributed by atoms with Gasteiger partial charge < -0.3 is 5.32 Å². The van der Waals surface area contributed by atoms with Crippen LogP contribution in [0.1, 0.15) is 24.7 Å². The molecule has 0 bridgehead atoms. The van der Waals surface area contributed by atoms with E-state index < -0.39 is 16.1 Å². The van der Waals surface area contributed by atoms with Crippen LogP contribution in [0.5, 0.6) is 0 Å². The molecule has 0 spiro atoms. The van der Waals surface area contributed by atoms with Crippen LogP contribution in [0.3, 0.4) is 0 Å². The molecule has 1 fully saturated rings. The zero-order chi connectivity index (χ0) is 24.4. The molecule has 180 valence electrons. The number of carbonyl (C=O) groups excluding carboxylic acids is 1. The number of aromatic nitrogens is 3. The molecule has 0 saturated carbocycles. The topological polar surface area (TPSA) is 97.2 Å². The quantitative estimate of drug-likeness (QED) is 0.383. The zero-order valence-electron chi connectivity index (χ0n) is 19.2. The number of hydrogen-bond donors (Lipinski definition) is 1. The van der Waals surface area contributed by atoms with Crippen molar-refractivity contribution >= 4 is 38.5 Å². The molecule has 1 aromatic heterocycles. The van der Waals surface area contributed by atoms with Crippen molar-refractivity contribution in [2.24, 2.45) is 0 Å².